The molecule has 1 aliphatic rings. The molecule has 0 amide bonds. The number of methoxy groups -OCH3 is 1. The molecule has 0 N–H and O–H groups in total. The van der Waals surface area contributed by atoms with E-state index in [0.717, 1.165) is 0 Å². The van der Waals surface area contributed by atoms with Gasteiger partial charge in [-0.3, -0.25) is 4.99 Å². The van der Waals surface area contributed by atoms with E-state index in [4.69, 9.17) is 14.2 Å². The molecule has 5 heteroatoms. The van der Waals surface area contributed by atoms with Crippen molar-refractivity contribution >= 4 is 17.9 Å². The van der Waals surface area contributed by atoms with Crippen molar-refractivity contribution in [1.82, 2.24) is 0 Å². The Morgan fingerprint density at radius 2 is 1.73 bits per heavy atom. The van der Waals surface area contributed by atoms with Crippen molar-refractivity contribution in [1.29, 1.82) is 0 Å². The van der Waals surface area contributed by atoms with Crippen molar-refractivity contribution in [3.05, 3.63) is 41.9 Å². The molecule has 1 aliphatic heterocycles. The summed E-state index contributed by atoms with van der Waals surface area (Å²) in [5, 5.41) is 0. The van der Waals surface area contributed by atoms with Crippen LogP contribution in [-0.4, -0.2) is 30.5 Å². The average molecular weight is 303 g/mol. The Morgan fingerprint density at radius 1 is 1.14 bits per heavy atom. The second-order valence-corrected chi connectivity index (χ2v) is 6.00. The third kappa shape index (κ3) is 3.13. The molecular formula is C17H21NO4. The lowest BCUT2D eigenvalue weighted by Crippen LogP contribution is -2.41. The third-order valence-electron chi connectivity index (χ3n) is 3.90. The van der Waals surface area contributed by atoms with Crippen molar-refractivity contribution in [2.75, 3.05) is 7.11 Å². The molecule has 22 heavy (non-hydrogen) atoms. The summed E-state index contributed by atoms with van der Waals surface area (Å²) >= 11 is 0. The van der Waals surface area contributed by atoms with Gasteiger partial charge in [-0.25, -0.2) is 4.79 Å². The van der Waals surface area contributed by atoms with E-state index in [0.29, 0.717) is 17.2 Å². The van der Waals surface area contributed by atoms with E-state index in [1.807, 2.05) is 27.7 Å². The van der Waals surface area contributed by atoms with Gasteiger partial charge in [0.05, 0.1) is 18.4 Å². The van der Waals surface area contributed by atoms with Gasteiger partial charge in [-0.15, -0.1) is 0 Å². The van der Waals surface area contributed by atoms with E-state index in [9.17, 15) is 4.79 Å². The maximum Gasteiger partial charge on any atom is 0.340 e. The first-order valence-electron chi connectivity index (χ1n) is 7.06. The van der Waals surface area contributed by atoms with Gasteiger partial charge in [0, 0.05) is 12.3 Å². The van der Waals surface area contributed by atoms with Crippen LogP contribution in [0, 0.1) is 0 Å². The van der Waals surface area contributed by atoms with Crippen molar-refractivity contribution in [3.8, 4) is 0 Å². The molecule has 0 bridgehead atoms. The summed E-state index contributed by atoms with van der Waals surface area (Å²) in [5.74, 6) is -0.00895. The maximum absolute atomic E-state index is 11.7. The van der Waals surface area contributed by atoms with Crippen LogP contribution in [0.2, 0.25) is 0 Å². The van der Waals surface area contributed by atoms with E-state index in [2.05, 4.69) is 4.99 Å². The highest BCUT2D eigenvalue weighted by Crippen LogP contribution is 2.39. The number of allylic oxidation sites excluding steroid dienone is 1. The van der Waals surface area contributed by atoms with Gasteiger partial charge in [-0.1, -0.05) is 12.1 Å². The van der Waals surface area contributed by atoms with Crippen molar-refractivity contribution in [3.63, 3.8) is 0 Å². The molecule has 1 fully saturated rings. The molecule has 1 saturated heterocycles. The first-order chi connectivity index (χ1) is 10.3. The zero-order valence-electron chi connectivity index (χ0n) is 13.5. The number of ether oxygens (including phenoxy) is 3. The summed E-state index contributed by atoms with van der Waals surface area (Å²) in [7, 11) is 1.34. The Balaban J connectivity index is 2.18. The zero-order valence-corrected chi connectivity index (χ0v) is 13.5. The van der Waals surface area contributed by atoms with Crippen LogP contribution < -0.4 is 0 Å². The zero-order chi connectivity index (χ0) is 16.4. The Kier molecular flexibility index (Phi) is 4.26. The predicted octanol–water partition coefficient (Wildman–Crippen LogP) is 3.62. The van der Waals surface area contributed by atoms with Gasteiger partial charge in [-0.05, 0) is 39.8 Å². The fourth-order valence-corrected chi connectivity index (χ4v) is 1.88. The number of benzene rings is 1. The smallest absolute Gasteiger partial charge is 0.340 e. The summed E-state index contributed by atoms with van der Waals surface area (Å²) < 4.78 is 16.2. The molecule has 1 heterocycles. The van der Waals surface area contributed by atoms with Crippen LogP contribution in [0.1, 0.15) is 38.1 Å². The van der Waals surface area contributed by atoms with E-state index < -0.39 is 17.2 Å². The lowest BCUT2D eigenvalue weighted by Gasteiger charge is -2.28. The molecule has 2 rings (SSSR count). The summed E-state index contributed by atoms with van der Waals surface area (Å²) in [6, 6.07) is 6.98. The molecule has 5 nitrogen and oxygen atoms in total. The van der Waals surface area contributed by atoms with Crippen LogP contribution in [0.3, 0.4) is 0 Å². The standard InChI is InChI=1S/C17H21NO4/c1-16(2)17(3,4)22-14(21-16)10-11-18-13-9-7-6-8-12(13)15(19)20-5/h6-11H,1-5H3. The SMILES string of the molecule is COC(=O)c1ccccc1N=CC=C1OC(C)(C)C(C)(C)O1. The molecule has 1 aromatic rings. The van der Waals surface area contributed by atoms with E-state index >= 15 is 0 Å². The topological polar surface area (TPSA) is 57.1 Å². The van der Waals surface area contributed by atoms with E-state index in [1.165, 1.54) is 7.11 Å². The largest absolute Gasteiger partial charge is 0.465 e. The number of esters is 1. The van der Waals surface area contributed by atoms with Crippen LogP contribution in [0.5, 0.6) is 0 Å². The van der Waals surface area contributed by atoms with Crippen LogP contribution in [-0.2, 0) is 14.2 Å². The second kappa shape index (κ2) is 5.83. The number of nitrogens with zero attached hydrogens (tertiary/aromatic N) is 1. The van der Waals surface area contributed by atoms with Crippen LogP contribution >= 0.6 is 0 Å². The van der Waals surface area contributed by atoms with Crippen molar-refractivity contribution in [2.24, 2.45) is 4.99 Å². The van der Waals surface area contributed by atoms with Gasteiger partial charge in [0.25, 0.3) is 5.95 Å². The van der Waals surface area contributed by atoms with Gasteiger partial charge in [0.15, 0.2) is 0 Å². The minimum Gasteiger partial charge on any atom is -0.465 e. The van der Waals surface area contributed by atoms with Crippen LogP contribution in [0.15, 0.2) is 41.3 Å². The monoisotopic (exact) mass is 303 g/mol. The van der Waals surface area contributed by atoms with Gasteiger partial charge in [0.2, 0.25) is 0 Å². The minimum atomic E-state index is -0.420. The highest BCUT2D eigenvalue weighted by atomic mass is 16.7. The summed E-state index contributed by atoms with van der Waals surface area (Å²) in [6.45, 7) is 7.88. The Bertz CT molecular complexity index is 611. The van der Waals surface area contributed by atoms with E-state index in [1.54, 1.807) is 36.6 Å². The predicted molar refractivity (Wildman–Crippen MR) is 84.3 cm³/mol. The molecule has 0 atom stereocenters. The average Bonchev–Trinajstić information content (AvgIpc) is 2.66. The quantitative estimate of drug-likeness (QED) is 0.632. The number of aliphatic imine (C=N–C) groups is 1. The summed E-state index contributed by atoms with van der Waals surface area (Å²) in [4.78, 5) is 15.9. The van der Waals surface area contributed by atoms with Crippen molar-refractivity contribution < 1.29 is 19.0 Å². The molecule has 0 spiro atoms. The number of carbonyl (C=O) groups is 1. The number of para-hydroxylation sites is 1. The van der Waals surface area contributed by atoms with Crippen LogP contribution in [0.25, 0.3) is 0 Å². The summed E-state index contributed by atoms with van der Waals surface area (Å²) in [6.07, 6.45) is 3.19. The highest BCUT2D eigenvalue weighted by molar-refractivity contribution is 5.95. The molecular weight excluding hydrogens is 282 g/mol. The van der Waals surface area contributed by atoms with Gasteiger partial charge >= 0.3 is 5.97 Å². The Morgan fingerprint density at radius 3 is 2.32 bits per heavy atom. The second-order valence-electron chi connectivity index (χ2n) is 6.00. The Hall–Kier alpha value is -2.30. The third-order valence-corrected chi connectivity index (χ3v) is 3.90. The lowest BCUT2D eigenvalue weighted by molar-refractivity contribution is 0.00578. The fraction of sp³-hybridized carbons (Fsp3) is 0.412. The van der Waals surface area contributed by atoms with Gasteiger partial charge in [0.1, 0.15) is 11.2 Å². The molecule has 0 aromatic heterocycles. The number of rotatable bonds is 3. The molecule has 0 unspecified atom stereocenters. The van der Waals surface area contributed by atoms with E-state index in [-0.39, 0.29) is 0 Å². The maximum atomic E-state index is 11.7. The number of hydrogen-bond acceptors (Lipinski definition) is 5. The first-order valence-corrected chi connectivity index (χ1v) is 7.06. The van der Waals surface area contributed by atoms with Gasteiger partial charge < -0.3 is 14.2 Å². The fourth-order valence-electron chi connectivity index (χ4n) is 1.88. The van der Waals surface area contributed by atoms with Crippen LogP contribution in [0.4, 0.5) is 5.69 Å². The molecule has 0 radical (unpaired) electrons. The summed E-state index contributed by atoms with van der Waals surface area (Å²) in [5.41, 5.74) is 0.101. The molecule has 1 aromatic carbocycles. The van der Waals surface area contributed by atoms with Crippen molar-refractivity contribution in [2.45, 2.75) is 38.9 Å². The minimum absolute atomic E-state index is 0.411. The van der Waals surface area contributed by atoms with Gasteiger partial charge in [-0.2, -0.15) is 0 Å². The number of hydrogen-bond donors (Lipinski definition) is 0. The first kappa shape index (κ1) is 16.1. The Labute approximate surface area is 130 Å². The normalized spacial score (nSPS) is 18.7. The molecule has 118 valence electrons. The molecule has 0 saturated carbocycles. The lowest BCUT2D eigenvalue weighted by atomic mass is 9.90. The molecule has 0 aliphatic carbocycles. The number of carbonyl (C=O) groups excluding carboxylic acids is 1. The highest BCUT2D eigenvalue weighted by Gasteiger charge is 2.48.